The molecule has 3 nitrogen and oxygen atoms in total. The second-order valence-corrected chi connectivity index (χ2v) is 4.58. The number of aliphatic hydroxyl groups is 1. The van der Waals surface area contributed by atoms with Crippen LogP contribution in [-0.2, 0) is 6.42 Å². The van der Waals surface area contributed by atoms with Crippen molar-refractivity contribution in [3.63, 3.8) is 0 Å². The van der Waals surface area contributed by atoms with Gasteiger partial charge in [0, 0.05) is 18.2 Å². The van der Waals surface area contributed by atoms with E-state index in [9.17, 15) is 5.11 Å². The topological polar surface area (TPSA) is 41.5 Å². The van der Waals surface area contributed by atoms with E-state index in [0.29, 0.717) is 6.42 Å². The molecule has 0 spiro atoms. The lowest BCUT2D eigenvalue weighted by molar-refractivity contribution is 0.115. The van der Waals surface area contributed by atoms with Crippen molar-refractivity contribution in [1.82, 2.24) is 0 Å². The van der Waals surface area contributed by atoms with Gasteiger partial charge in [-0.1, -0.05) is 12.1 Å². The van der Waals surface area contributed by atoms with Crippen LogP contribution in [0.5, 0.6) is 5.75 Å². The molecule has 0 bridgehead atoms. The molecular weight excluding hydrogens is 214 g/mol. The van der Waals surface area contributed by atoms with Crippen LogP contribution in [0.15, 0.2) is 30.5 Å². The lowest BCUT2D eigenvalue weighted by Gasteiger charge is -2.18. The Morgan fingerprint density at radius 1 is 1.41 bits per heavy atom. The number of hydrogen-bond acceptors (Lipinski definition) is 3. The van der Waals surface area contributed by atoms with Crippen molar-refractivity contribution in [3.8, 4) is 5.75 Å². The number of benzene rings is 1. The van der Waals surface area contributed by atoms with Crippen LogP contribution in [-0.4, -0.2) is 17.3 Å². The number of fused-ring (bicyclic) bond motifs is 1. The molecular formula is C14H19NO2. The van der Waals surface area contributed by atoms with Crippen LogP contribution < -0.4 is 10.1 Å². The van der Waals surface area contributed by atoms with Gasteiger partial charge in [0.15, 0.2) is 0 Å². The van der Waals surface area contributed by atoms with Gasteiger partial charge in [0.1, 0.15) is 5.75 Å². The molecule has 0 radical (unpaired) electrons. The molecule has 0 amide bonds. The number of hydrogen-bond donors (Lipinski definition) is 2. The standard InChI is InChI=1S/C14H19NO2/c1-10(16)8-11(2)17-13-6-5-12-4-3-7-15-14(12)9-13/h3,5-7,9-11,15-16H,4,8H2,1-2H3. The van der Waals surface area contributed by atoms with Gasteiger partial charge in [0.05, 0.1) is 12.2 Å². The van der Waals surface area contributed by atoms with E-state index < -0.39 is 0 Å². The molecule has 17 heavy (non-hydrogen) atoms. The fourth-order valence-corrected chi connectivity index (χ4v) is 2.04. The molecule has 0 aromatic heterocycles. The van der Waals surface area contributed by atoms with Gasteiger partial charge in [-0.3, -0.25) is 0 Å². The second-order valence-electron chi connectivity index (χ2n) is 4.58. The minimum absolute atomic E-state index is 0.0205. The molecule has 2 atom stereocenters. The second kappa shape index (κ2) is 5.23. The van der Waals surface area contributed by atoms with Crippen LogP contribution in [0.3, 0.4) is 0 Å². The molecule has 2 unspecified atom stereocenters. The highest BCUT2D eigenvalue weighted by molar-refractivity contribution is 5.59. The Morgan fingerprint density at radius 3 is 3.00 bits per heavy atom. The normalized spacial score (nSPS) is 16.9. The predicted octanol–water partition coefficient (Wildman–Crippen LogP) is 2.71. The van der Waals surface area contributed by atoms with Crippen LogP contribution in [0, 0.1) is 0 Å². The minimum Gasteiger partial charge on any atom is -0.491 e. The average molecular weight is 233 g/mol. The summed E-state index contributed by atoms with van der Waals surface area (Å²) in [5, 5.41) is 12.5. The van der Waals surface area contributed by atoms with E-state index in [1.807, 2.05) is 25.3 Å². The average Bonchev–Trinajstić information content (AvgIpc) is 2.27. The first kappa shape index (κ1) is 12.0. The van der Waals surface area contributed by atoms with Crippen LogP contribution in [0.4, 0.5) is 5.69 Å². The quantitative estimate of drug-likeness (QED) is 0.840. The summed E-state index contributed by atoms with van der Waals surface area (Å²) in [5.74, 6) is 0.847. The summed E-state index contributed by atoms with van der Waals surface area (Å²) < 4.78 is 5.77. The third kappa shape index (κ3) is 3.24. The SMILES string of the molecule is CC(O)CC(C)Oc1ccc2c(c1)NC=CC2. The molecule has 2 N–H and O–H groups in total. The van der Waals surface area contributed by atoms with Gasteiger partial charge < -0.3 is 15.2 Å². The van der Waals surface area contributed by atoms with Crippen LogP contribution in [0.2, 0.25) is 0 Å². The molecule has 1 aromatic rings. The van der Waals surface area contributed by atoms with E-state index in [2.05, 4.69) is 17.5 Å². The maximum Gasteiger partial charge on any atom is 0.121 e. The van der Waals surface area contributed by atoms with Gasteiger partial charge in [-0.05, 0) is 38.1 Å². The number of ether oxygens (including phenoxy) is 1. The van der Waals surface area contributed by atoms with Crippen molar-refractivity contribution in [2.45, 2.75) is 38.9 Å². The van der Waals surface area contributed by atoms with Crippen molar-refractivity contribution in [2.24, 2.45) is 0 Å². The number of rotatable bonds is 4. The molecule has 1 heterocycles. The zero-order valence-electron chi connectivity index (χ0n) is 10.3. The monoisotopic (exact) mass is 233 g/mol. The third-order valence-corrected chi connectivity index (χ3v) is 2.79. The van der Waals surface area contributed by atoms with Gasteiger partial charge in [0.2, 0.25) is 0 Å². The molecule has 0 saturated heterocycles. The molecule has 2 rings (SSSR count). The van der Waals surface area contributed by atoms with E-state index in [0.717, 1.165) is 17.9 Å². The third-order valence-electron chi connectivity index (χ3n) is 2.79. The lowest BCUT2D eigenvalue weighted by atomic mass is 10.1. The Kier molecular flexibility index (Phi) is 3.69. The van der Waals surface area contributed by atoms with Crippen molar-refractivity contribution in [2.75, 3.05) is 5.32 Å². The summed E-state index contributed by atoms with van der Waals surface area (Å²) in [7, 11) is 0. The Bertz CT molecular complexity index is 413. The first-order valence-corrected chi connectivity index (χ1v) is 6.04. The van der Waals surface area contributed by atoms with Crippen molar-refractivity contribution in [3.05, 3.63) is 36.0 Å². The maximum absolute atomic E-state index is 9.29. The first-order valence-electron chi connectivity index (χ1n) is 6.04. The molecule has 0 fully saturated rings. The molecule has 92 valence electrons. The number of allylic oxidation sites excluding steroid dienone is 1. The Morgan fingerprint density at radius 2 is 2.24 bits per heavy atom. The van der Waals surface area contributed by atoms with Crippen molar-refractivity contribution >= 4 is 5.69 Å². The largest absolute Gasteiger partial charge is 0.491 e. The zero-order chi connectivity index (χ0) is 12.3. The fraction of sp³-hybridized carbons (Fsp3) is 0.429. The number of anilines is 1. The maximum atomic E-state index is 9.29. The van der Waals surface area contributed by atoms with Crippen LogP contribution >= 0.6 is 0 Å². The van der Waals surface area contributed by atoms with E-state index in [1.165, 1.54) is 5.56 Å². The summed E-state index contributed by atoms with van der Waals surface area (Å²) in [5.41, 5.74) is 2.39. The molecule has 0 aliphatic carbocycles. The summed E-state index contributed by atoms with van der Waals surface area (Å²) in [6, 6.07) is 6.08. The summed E-state index contributed by atoms with van der Waals surface area (Å²) in [6.07, 6.45) is 5.34. The van der Waals surface area contributed by atoms with Gasteiger partial charge in [-0.2, -0.15) is 0 Å². The van der Waals surface area contributed by atoms with E-state index in [1.54, 1.807) is 6.92 Å². The molecule has 0 saturated carbocycles. The molecule has 3 heteroatoms. The highest BCUT2D eigenvalue weighted by Gasteiger charge is 2.10. The summed E-state index contributed by atoms with van der Waals surface area (Å²) in [6.45, 7) is 3.75. The molecule has 1 aliphatic rings. The Balaban J connectivity index is 2.03. The summed E-state index contributed by atoms with van der Waals surface area (Å²) in [4.78, 5) is 0. The van der Waals surface area contributed by atoms with Gasteiger partial charge in [0.25, 0.3) is 0 Å². The first-order chi connectivity index (χ1) is 8.15. The number of nitrogens with one attached hydrogen (secondary N) is 1. The predicted molar refractivity (Wildman–Crippen MR) is 69.3 cm³/mol. The van der Waals surface area contributed by atoms with Gasteiger partial charge in [-0.25, -0.2) is 0 Å². The highest BCUT2D eigenvalue weighted by atomic mass is 16.5. The van der Waals surface area contributed by atoms with E-state index in [-0.39, 0.29) is 12.2 Å². The van der Waals surface area contributed by atoms with Crippen LogP contribution in [0.1, 0.15) is 25.8 Å². The summed E-state index contributed by atoms with van der Waals surface area (Å²) >= 11 is 0. The van der Waals surface area contributed by atoms with E-state index in [4.69, 9.17) is 4.74 Å². The van der Waals surface area contributed by atoms with Gasteiger partial charge >= 0.3 is 0 Å². The molecule has 1 aromatic carbocycles. The number of aliphatic hydroxyl groups excluding tert-OH is 1. The lowest BCUT2D eigenvalue weighted by Crippen LogP contribution is -2.18. The Hall–Kier alpha value is -1.48. The van der Waals surface area contributed by atoms with Gasteiger partial charge in [-0.15, -0.1) is 0 Å². The molecule has 1 aliphatic heterocycles. The van der Waals surface area contributed by atoms with Crippen molar-refractivity contribution in [1.29, 1.82) is 0 Å². The smallest absolute Gasteiger partial charge is 0.121 e. The zero-order valence-corrected chi connectivity index (χ0v) is 10.3. The minimum atomic E-state index is -0.330. The van der Waals surface area contributed by atoms with Crippen LogP contribution in [0.25, 0.3) is 0 Å². The van der Waals surface area contributed by atoms with E-state index >= 15 is 0 Å². The Labute approximate surface area is 102 Å². The fourth-order valence-electron chi connectivity index (χ4n) is 2.04. The highest BCUT2D eigenvalue weighted by Crippen LogP contribution is 2.26. The van der Waals surface area contributed by atoms with Crippen molar-refractivity contribution < 1.29 is 9.84 Å².